The van der Waals surface area contributed by atoms with Crippen LogP contribution in [0.4, 0.5) is 11.4 Å². The van der Waals surface area contributed by atoms with Gasteiger partial charge in [-0.25, -0.2) is 9.59 Å². The van der Waals surface area contributed by atoms with Crippen LogP contribution in [0, 0.1) is 20.2 Å². The fourth-order valence-corrected chi connectivity index (χ4v) is 3.09. The van der Waals surface area contributed by atoms with Crippen molar-refractivity contribution in [3.8, 4) is 16.9 Å². The molecule has 0 N–H and O–H groups in total. The van der Waals surface area contributed by atoms with Crippen molar-refractivity contribution in [1.82, 2.24) is 0 Å². The first kappa shape index (κ1) is 25.8. The van der Waals surface area contributed by atoms with Crippen LogP contribution in [0.15, 0.2) is 72.8 Å². The summed E-state index contributed by atoms with van der Waals surface area (Å²) >= 11 is 0. The molecule has 0 saturated carbocycles. The molecule has 3 aromatic rings. The molecule has 3 aromatic carbocycles. The first-order valence-corrected chi connectivity index (χ1v) is 10.7. The van der Waals surface area contributed by atoms with Crippen molar-refractivity contribution in [3.05, 3.63) is 104 Å². The van der Waals surface area contributed by atoms with Gasteiger partial charge in [-0.15, -0.1) is 0 Å². The summed E-state index contributed by atoms with van der Waals surface area (Å²) in [6, 6.07) is 16.5. The Balaban J connectivity index is 1.69. The third-order valence-electron chi connectivity index (χ3n) is 4.69. The second kappa shape index (κ2) is 10.6. The summed E-state index contributed by atoms with van der Waals surface area (Å²) in [5.41, 5.74) is 0.450. The Kier molecular flexibility index (Phi) is 7.58. The van der Waals surface area contributed by atoms with Crippen LogP contribution in [0.3, 0.4) is 0 Å². The molecule has 0 aromatic heterocycles. The fraction of sp³-hybridized carbons (Fsp3) is 0.154. The number of esters is 2. The molecular formula is C26H22N2O8. The topological polar surface area (TPSA) is 139 Å². The standard InChI is InChI=1S/C26H22N2O8/c1-26(2,3)36-24(29)13-6-17-4-7-18(8-5-17)19-9-11-23(12-10-19)35-25(30)20-14-21(27(31)32)16-22(15-20)28(33)34/h4-16H,1-3H3/b13-6+. The lowest BCUT2D eigenvalue weighted by atomic mass is 10.0. The van der Waals surface area contributed by atoms with Crippen molar-refractivity contribution < 1.29 is 28.9 Å². The molecule has 3 rings (SSSR count). The first-order valence-electron chi connectivity index (χ1n) is 10.7. The molecule has 0 aliphatic heterocycles. The smallest absolute Gasteiger partial charge is 0.344 e. The fourth-order valence-electron chi connectivity index (χ4n) is 3.09. The lowest BCUT2D eigenvalue weighted by molar-refractivity contribution is -0.394. The van der Waals surface area contributed by atoms with Crippen LogP contribution in [0.5, 0.6) is 5.75 Å². The predicted octanol–water partition coefficient (Wildman–Crippen LogP) is 5.74. The number of carbonyl (C=O) groups is 2. The van der Waals surface area contributed by atoms with Gasteiger partial charge in [-0.2, -0.15) is 0 Å². The van der Waals surface area contributed by atoms with E-state index in [2.05, 4.69) is 0 Å². The maximum absolute atomic E-state index is 12.4. The van der Waals surface area contributed by atoms with Gasteiger partial charge in [-0.05, 0) is 55.7 Å². The number of hydrogen-bond donors (Lipinski definition) is 0. The lowest BCUT2D eigenvalue weighted by Gasteiger charge is -2.17. The number of nitro groups is 2. The molecule has 36 heavy (non-hydrogen) atoms. The number of nitro benzene ring substituents is 2. The highest BCUT2D eigenvalue weighted by atomic mass is 16.6. The van der Waals surface area contributed by atoms with Crippen LogP contribution in [-0.4, -0.2) is 27.4 Å². The van der Waals surface area contributed by atoms with Crippen LogP contribution in [0.2, 0.25) is 0 Å². The number of carbonyl (C=O) groups excluding carboxylic acids is 2. The van der Waals surface area contributed by atoms with Crippen molar-refractivity contribution >= 4 is 29.4 Å². The molecule has 0 heterocycles. The SMILES string of the molecule is CC(C)(C)OC(=O)/C=C/c1ccc(-c2ccc(OC(=O)c3cc([N+](=O)[O-])cc([N+](=O)[O-])c3)cc2)cc1. The molecule has 0 aliphatic carbocycles. The highest BCUT2D eigenvalue weighted by molar-refractivity contribution is 5.92. The Morgan fingerprint density at radius 1 is 0.806 bits per heavy atom. The molecule has 0 aliphatic rings. The minimum Gasteiger partial charge on any atom is -0.457 e. The van der Waals surface area contributed by atoms with E-state index in [9.17, 15) is 29.8 Å². The number of hydrogen-bond acceptors (Lipinski definition) is 8. The van der Waals surface area contributed by atoms with Crippen molar-refractivity contribution in [2.75, 3.05) is 0 Å². The van der Waals surface area contributed by atoms with Crippen molar-refractivity contribution in [3.63, 3.8) is 0 Å². The zero-order valence-electron chi connectivity index (χ0n) is 19.7. The van der Waals surface area contributed by atoms with Gasteiger partial charge < -0.3 is 9.47 Å². The highest BCUT2D eigenvalue weighted by Gasteiger charge is 2.21. The summed E-state index contributed by atoms with van der Waals surface area (Å²) in [6.45, 7) is 5.37. The lowest BCUT2D eigenvalue weighted by Crippen LogP contribution is -2.22. The second-order valence-electron chi connectivity index (χ2n) is 8.66. The molecule has 0 amide bonds. The number of ether oxygens (including phenoxy) is 2. The van der Waals surface area contributed by atoms with E-state index in [1.165, 1.54) is 18.2 Å². The van der Waals surface area contributed by atoms with Crippen LogP contribution >= 0.6 is 0 Å². The molecule has 10 heteroatoms. The first-order chi connectivity index (χ1) is 16.9. The maximum atomic E-state index is 12.4. The van der Waals surface area contributed by atoms with E-state index in [0.717, 1.165) is 34.9 Å². The molecule has 0 unspecified atom stereocenters. The van der Waals surface area contributed by atoms with Gasteiger partial charge in [0.15, 0.2) is 0 Å². The molecule has 0 spiro atoms. The largest absolute Gasteiger partial charge is 0.457 e. The van der Waals surface area contributed by atoms with E-state index in [0.29, 0.717) is 0 Å². The van der Waals surface area contributed by atoms with Gasteiger partial charge in [0.1, 0.15) is 11.4 Å². The minimum atomic E-state index is -0.962. The predicted molar refractivity (Wildman–Crippen MR) is 131 cm³/mol. The molecular weight excluding hydrogens is 468 g/mol. The van der Waals surface area contributed by atoms with Crippen molar-refractivity contribution in [2.45, 2.75) is 26.4 Å². The van der Waals surface area contributed by atoms with E-state index < -0.39 is 38.8 Å². The van der Waals surface area contributed by atoms with Gasteiger partial charge in [-0.1, -0.05) is 36.4 Å². The van der Waals surface area contributed by atoms with Crippen LogP contribution < -0.4 is 4.74 Å². The third-order valence-corrected chi connectivity index (χ3v) is 4.69. The molecule has 0 saturated heterocycles. The van der Waals surface area contributed by atoms with Crippen LogP contribution in [0.1, 0.15) is 36.7 Å². The number of non-ortho nitro benzene ring substituents is 2. The minimum absolute atomic E-state index is 0.162. The Labute approximate surface area is 206 Å². The summed E-state index contributed by atoms with van der Waals surface area (Å²) < 4.78 is 10.5. The highest BCUT2D eigenvalue weighted by Crippen LogP contribution is 2.26. The summed E-state index contributed by atoms with van der Waals surface area (Å²) in [5, 5.41) is 22.0. The zero-order valence-corrected chi connectivity index (χ0v) is 19.7. The molecule has 184 valence electrons. The Morgan fingerprint density at radius 2 is 1.31 bits per heavy atom. The number of rotatable bonds is 7. The van der Waals surface area contributed by atoms with Gasteiger partial charge in [0.25, 0.3) is 11.4 Å². The van der Waals surface area contributed by atoms with E-state index in [4.69, 9.17) is 9.47 Å². The Bertz CT molecular complexity index is 1310. The van der Waals surface area contributed by atoms with Gasteiger partial charge in [0.2, 0.25) is 0 Å². The quantitative estimate of drug-likeness (QED) is 0.134. The summed E-state index contributed by atoms with van der Waals surface area (Å²) in [5.74, 6) is -1.23. The van der Waals surface area contributed by atoms with Crippen molar-refractivity contribution in [1.29, 1.82) is 0 Å². The van der Waals surface area contributed by atoms with E-state index in [1.807, 2.05) is 24.3 Å². The number of benzene rings is 3. The average Bonchev–Trinajstić information content (AvgIpc) is 2.82. The van der Waals surface area contributed by atoms with Crippen LogP contribution in [0.25, 0.3) is 17.2 Å². The Hall–Kier alpha value is -4.86. The van der Waals surface area contributed by atoms with E-state index >= 15 is 0 Å². The third kappa shape index (κ3) is 7.07. The molecule has 0 atom stereocenters. The number of nitrogens with zero attached hydrogens (tertiary/aromatic N) is 2. The summed E-state index contributed by atoms with van der Waals surface area (Å²) in [4.78, 5) is 44.6. The normalized spacial score (nSPS) is 11.2. The Morgan fingerprint density at radius 3 is 1.78 bits per heavy atom. The van der Waals surface area contributed by atoms with Gasteiger partial charge in [0.05, 0.1) is 21.5 Å². The molecule has 0 radical (unpaired) electrons. The second-order valence-corrected chi connectivity index (χ2v) is 8.66. The molecule has 0 bridgehead atoms. The molecule has 10 nitrogen and oxygen atoms in total. The average molecular weight is 490 g/mol. The van der Waals surface area contributed by atoms with Gasteiger partial charge in [-0.3, -0.25) is 20.2 Å². The summed E-state index contributed by atoms with van der Waals surface area (Å²) in [7, 11) is 0. The van der Waals surface area contributed by atoms with Gasteiger partial charge >= 0.3 is 11.9 Å². The van der Waals surface area contributed by atoms with Crippen LogP contribution in [-0.2, 0) is 9.53 Å². The zero-order chi connectivity index (χ0) is 26.5. The van der Waals surface area contributed by atoms with E-state index in [-0.39, 0.29) is 11.3 Å². The van der Waals surface area contributed by atoms with E-state index in [1.54, 1.807) is 39.0 Å². The molecule has 0 fully saturated rings. The van der Waals surface area contributed by atoms with Crippen molar-refractivity contribution in [2.24, 2.45) is 0 Å². The monoisotopic (exact) mass is 490 g/mol. The van der Waals surface area contributed by atoms with Gasteiger partial charge in [0, 0.05) is 18.2 Å². The summed E-state index contributed by atoms with van der Waals surface area (Å²) in [6.07, 6.45) is 3.01. The maximum Gasteiger partial charge on any atom is 0.344 e.